The molecule has 0 saturated carbocycles. The summed E-state index contributed by atoms with van der Waals surface area (Å²) >= 11 is 0. The Labute approximate surface area is 136 Å². The summed E-state index contributed by atoms with van der Waals surface area (Å²) in [6.07, 6.45) is 4.32. The molecule has 1 atom stereocenters. The van der Waals surface area contributed by atoms with Crippen LogP contribution in [0.15, 0.2) is 54.6 Å². The number of amides is 1. The minimum Gasteiger partial charge on any atom is -0.472 e. The number of carbonyl (C=O) groups excluding carboxylic acids is 1. The number of benzene rings is 1. The number of aryl methyl sites for hydroxylation is 1. The maximum absolute atomic E-state index is 12.2. The highest BCUT2D eigenvalue weighted by molar-refractivity contribution is 5.92. The first kappa shape index (κ1) is 15.3. The maximum atomic E-state index is 12.2. The van der Waals surface area contributed by atoms with Gasteiger partial charge in [-0.2, -0.15) is 0 Å². The molecule has 0 N–H and O–H groups in total. The number of rotatable bonds is 4. The van der Waals surface area contributed by atoms with E-state index < -0.39 is 0 Å². The van der Waals surface area contributed by atoms with Crippen LogP contribution in [0.4, 0.5) is 0 Å². The second-order valence-electron chi connectivity index (χ2n) is 5.67. The van der Waals surface area contributed by atoms with Crippen LogP contribution in [0.2, 0.25) is 0 Å². The van der Waals surface area contributed by atoms with Crippen molar-refractivity contribution in [2.24, 2.45) is 0 Å². The van der Waals surface area contributed by atoms with Gasteiger partial charge in [-0.15, -0.1) is 0 Å². The number of aromatic nitrogens is 1. The lowest BCUT2D eigenvalue weighted by Crippen LogP contribution is -2.29. The summed E-state index contributed by atoms with van der Waals surface area (Å²) in [6, 6.07) is 15.5. The van der Waals surface area contributed by atoms with E-state index in [0.29, 0.717) is 19.0 Å². The second-order valence-corrected chi connectivity index (χ2v) is 5.67. The Morgan fingerprint density at radius 1 is 1.22 bits per heavy atom. The number of hydrogen-bond acceptors (Lipinski definition) is 3. The summed E-state index contributed by atoms with van der Waals surface area (Å²) in [5.74, 6) is 0.654. The van der Waals surface area contributed by atoms with Gasteiger partial charge >= 0.3 is 0 Å². The molecule has 0 radical (unpaired) electrons. The Bertz CT molecular complexity index is 698. The summed E-state index contributed by atoms with van der Waals surface area (Å²) in [4.78, 5) is 18.4. The average molecular weight is 308 g/mol. The van der Waals surface area contributed by atoms with Crippen molar-refractivity contribution in [1.82, 2.24) is 9.88 Å². The molecule has 0 bridgehead atoms. The Morgan fingerprint density at radius 3 is 2.83 bits per heavy atom. The highest BCUT2D eigenvalue weighted by Gasteiger charge is 2.26. The fourth-order valence-electron chi connectivity index (χ4n) is 2.62. The SMILES string of the molecule is Cc1cccc(O[C@H]2CCN(C(=O)/C=C/c3ccccc3)C2)n1. The van der Waals surface area contributed by atoms with E-state index in [-0.39, 0.29) is 12.0 Å². The van der Waals surface area contributed by atoms with Crippen LogP contribution < -0.4 is 4.74 Å². The van der Waals surface area contributed by atoms with Crippen LogP contribution in [-0.2, 0) is 4.79 Å². The Balaban J connectivity index is 1.55. The third-order valence-corrected chi connectivity index (χ3v) is 3.82. The zero-order chi connectivity index (χ0) is 16.1. The number of carbonyl (C=O) groups is 1. The monoisotopic (exact) mass is 308 g/mol. The highest BCUT2D eigenvalue weighted by Crippen LogP contribution is 2.17. The summed E-state index contributed by atoms with van der Waals surface area (Å²) in [5.41, 5.74) is 1.95. The normalized spacial score (nSPS) is 17.6. The topological polar surface area (TPSA) is 42.4 Å². The van der Waals surface area contributed by atoms with Crippen LogP contribution in [0.1, 0.15) is 17.7 Å². The number of nitrogens with zero attached hydrogens (tertiary/aromatic N) is 2. The van der Waals surface area contributed by atoms with Crippen molar-refractivity contribution in [2.45, 2.75) is 19.4 Å². The van der Waals surface area contributed by atoms with Crippen molar-refractivity contribution in [2.75, 3.05) is 13.1 Å². The fourth-order valence-corrected chi connectivity index (χ4v) is 2.62. The summed E-state index contributed by atoms with van der Waals surface area (Å²) in [6.45, 7) is 3.26. The van der Waals surface area contributed by atoms with Gasteiger partial charge in [-0.3, -0.25) is 4.79 Å². The van der Waals surface area contributed by atoms with Crippen LogP contribution in [-0.4, -0.2) is 35.0 Å². The molecule has 0 spiro atoms. The summed E-state index contributed by atoms with van der Waals surface area (Å²) in [5, 5.41) is 0. The maximum Gasteiger partial charge on any atom is 0.246 e. The van der Waals surface area contributed by atoms with Gasteiger partial charge < -0.3 is 9.64 Å². The van der Waals surface area contributed by atoms with Gasteiger partial charge in [-0.05, 0) is 24.6 Å². The van der Waals surface area contributed by atoms with E-state index in [1.807, 2.05) is 66.4 Å². The molecule has 2 heterocycles. The summed E-state index contributed by atoms with van der Waals surface area (Å²) in [7, 11) is 0. The van der Waals surface area contributed by atoms with Crippen molar-refractivity contribution in [3.05, 3.63) is 65.9 Å². The minimum absolute atomic E-state index is 0.0124. The van der Waals surface area contributed by atoms with E-state index in [0.717, 1.165) is 17.7 Å². The Morgan fingerprint density at radius 2 is 2.04 bits per heavy atom. The number of ether oxygens (including phenoxy) is 1. The van der Waals surface area contributed by atoms with Crippen molar-refractivity contribution in [3.63, 3.8) is 0 Å². The quantitative estimate of drug-likeness (QED) is 0.815. The average Bonchev–Trinajstić information content (AvgIpc) is 3.02. The number of likely N-dealkylation sites (tertiary alicyclic amines) is 1. The van der Waals surface area contributed by atoms with Crippen LogP contribution in [0.3, 0.4) is 0 Å². The number of hydrogen-bond donors (Lipinski definition) is 0. The van der Waals surface area contributed by atoms with Crippen LogP contribution >= 0.6 is 0 Å². The standard InChI is InChI=1S/C19H20N2O2/c1-15-6-5-9-18(20-15)23-17-12-13-21(14-17)19(22)11-10-16-7-3-2-4-8-16/h2-11,17H,12-14H2,1H3/b11-10+/t17-/m0/s1. The molecule has 23 heavy (non-hydrogen) atoms. The molecule has 1 aromatic carbocycles. The van der Waals surface area contributed by atoms with Gasteiger partial charge in [0, 0.05) is 30.8 Å². The molecule has 4 heteroatoms. The smallest absolute Gasteiger partial charge is 0.246 e. The molecule has 2 aromatic rings. The van der Waals surface area contributed by atoms with Crippen LogP contribution in [0.25, 0.3) is 6.08 Å². The van der Waals surface area contributed by atoms with E-state index in [2.05, 4.69) is 4.98 Å². The van der Waals surface area contributed by atoms with Crippen LogP contribution in [0.5, 0.6) is 5.88 Å². The van der Waals surface area contributed by atoms with Crippen molar-refractivity contribution >= 4 is 12.0 Å². The predicted molar refractivity (Wildman–Crippen MR) is 90.1 cm³/mol. The molecular formula is C19H20N2O2. The van der Waals surface area contributed by atoms with Gasteiger partial charge in [0.05, 0.1) is 6.54 Å². The molecular weight excluding hydrogens is 288 g/mol. The van der Waals surface area contributed by atoms with E-state index >= 15 is 0 Å². The van der Waals surface area contributed by atoms with E-state index in [9.17, 15) is 4.79 Å². The minimum atomic E-state index is 0.0124. The molecule has 4 nitrogen and oxygen atoms in total. The van der Waals surface area contributed by atoms with Crippen molar-refractivity contribution in [3.8, 4) is 5.88 Å². The lowest BCUT2D eigenvalue weighted by Gasteiger charge is -2.15. The molecule has 0 unspecified atom stereocenters. The fraction of sp³-hybridized carbons (Fsp3) is 0.263. The van der Waals surface area contributed by atoms with E-state index in [1.165, 1.54) is 0 Å². The summed E-state index contributed by atoms with van der Waals surface area (Å²) < 4.78 is 5.87. The molecule has 0 aliphatic carbocycles. The first-order chi connectivity index (χ1) is 11.2. The van der Waals surface area contributed by atoms with Crippen molar-refractivity contribution in [1.29, 1.82) is 0 Å². The molecule has 3 rings (SSSR count). The highest BCUT2D eigenvalue weighted by atomic mass is 16.5. The van der Waals surface area contributed by atoms with Crippen LogP contribution in [0, 0.1) is 6.92 Å². The Hall–Kier alpha value is -2.62. The zero-order valence-electron chi connectivity index (χ0n) is 13.2. The van der Waals surface area contributed by atoms with Gasteiger partial charge in [0.2, 0.25) is 11.8 Å². The van der Waals surface area contributed by atoms with Gasteiger partial charge in [0.25, 0.3) is 0 Å². The molecule has 1 fully saturated rings. The van der Waals surface area contributed by atoms with Gasteiger partial charge in [0.15, 0.2) is 0 Å². The molecule has 118 valence electrons. The first-order valence-corrected chi connectivity index (χ1v) is 7.83. The lowest BCUT2D eigenvalue weighted by molar-refractivity contribution is -0.125. The van der Waals surface area contributed by atoms with Gasteiger partial charge in [-0.1, -0.05) is 36.4 Å². The molecule has 1 amide bonds. The first-order valence-electron chi connectivity index (χ1n) is 7.83. The van der Waals surface area contributed by atoms with Crippen molar-refractivity contribution < 1.29 is 9.53 Å². The third-order valence-electron chi connectivity index (χ3n) is 3.82. The lowest BCUT2D eigenvalue weighted by atomic mass is 10.2. The predicted octanol–water partition coefficient (Wildman–Crippen LogP) is 3.08. The molecule has 1 saturated heterocycles. The molecule has 1 aromatic heterocycles. The van der Waals surface area contributed by atoms with E-state index in [4.69, 9.17) is 4.74 Å². The number of pyridine rings is 1. The molecule has 1 aliphatic heterocycles. The van der Waals surface area contributed by atoms with E-state index in [1.54, 1.807) is 6.08 Å². The van der Waals surface area contributed by atoms with Gasteiger partial charge in [-0.25, -0.2) is 4.98 Å². The Kier molecular flexibility index (Phi) is 4.71. The largest absolute Gasteiger partial charge is 0.472 e. The van der Waals surface area contributed by atoms with Gasteiger partial charge in [0.1, 0.15) is 6.10 Å². The zero-order valence-corrected chi connectivity index (χ0v) is 13.2. The molecule has 1 aliphatic rings. The third kappa shape index (κ3) is 4.19. The second kappa shape index (κ2) is 7.09.